The second-order valence-electron chi connectivity index (χ2n) is 7.11. The first-order chi connectivity index (χ1) is 11.8. The second-order valence-corrected chi connectivity index (χ2v) is 8.26. The van der Waals surface area contributed by atoms with E-state index in [9.17, 15) is 4.79 Å². The van der Waals surface area contributed by atoms with Crippen molar-refractivity contribution in [2.75, 3.05) is 31.1 Å². The van der Waals surface area contributed by atoms with Gasteiger partial charge in [0.15, 0.2) is 0 Å². The lowest BCUT2D eigenvalue weighted by Crippen LogP contribution is -2.44. The Morgan fingerprint density at radius 1 is 1.25 bits per heavy atom. The molecule has 2 fully saturated rings. The molecule has 2 atom stereocenters. The number of nitrogens with zero attached hydrogens (tertiary/aromatic N) is 1. The van der Waals surface area contributed by atoms with E-state index in [1.165, 1.54) is 43.9 Å². The molecule has 24 heavy (non-hydrogen) atoms. The van der Waals surface area contributed by atoms with Crippen LogP contribution in [0.3, 0.4) is 0 Å². The zero-order valence-corrected chi connectivity index (χ0v) is 15.6. The minimum atomic E-state index is -0.0122. The van der Waals surface area contributed by atoms with Crippen molar-refractivity contribution in [2.45, 2.75) is 44.6 Å². The molecule has 1 aromatic rings. The van der Waals surface area contributed by atoms with Gasteiger partial charge in [0.1, 0.15) is 0 Å². The zero-order chi connectivity index (χ0) is 16.8. The first-order valence-corrected chi connectivity index (χ1v) is 10.6. The number of thioether (sulfide) groups is 1. The van der Waals surface area contributed by atoms with Crippen molar-refractivity contribution in [3.05, 3.63) is 35.9 Å². The fourth-order valence-electron chi connectivity index (χ4n) is 3.96. The van der Waals surface area contributed by atoms with Gasteiger partial charge in [0.2, 0.25) is 5.91 Å². The number of hydrogen-bond acceptors (Lipinski definition) is 3. The molecule has 3 rings (SSSR count). The van der Waals surface area contributed by atoms with Crippen LogP contribution in [0.5, 0.6) is 0 Å². The second kappa shape index (κ2) is 8.91. The smallest absolute Gasteiger partial charge is 0.227 e. The molecule has 2 saturated heterocycles. The van der Waals surface area contributed by atoms with E-state index in [-0.39, 0.29) is 11.8 Å². The van der Waals surface area contributed by atoms with E-state index in [0.29, 0.717) is 5.92 Å². The monoisotopic (exact) mass is 346 g/mol. The van der Waals surface area contributed by atoms with Gasteiger partial charge in [0.25, 0.3) is 0 Å². The standard InChI is InChI=1S/C20H30N2OS/c1-2-19(17-6-4-3-5-7-17)20(23)21-14-16-8-11-22(12-9-16)18-10-13-24-15-18/h3-7,16,18-19H,2,8-15H2,1H3,(H,21,23)/t18-,19+/m1/s1. The van der Waals surface area contributed by atoms with Crippen LogP contribution < -0.4 is 5.32 Å². The Morgan fingerprint density at radius 2 is 2.00 bits per heavy atom. The molecule has 2 heterocycles. The Morgan fingerprint density at radius 3 is 2.62 bits per heavy atom. The summed E-state index contributed by atoms with van der Waals surface area (Å²) in [5.74, 6) is 3.47. The number of nitrogens with one attached hydrogen (secondary N) is 1. The van der Waals surface area contributed by atoms with Gasteiger partial charge in [-0.2, -0.15) is 11.8 Å². The molecule has 4 heteroatoms. The fourth-order valence-corrected chi connectivity index (χ4v) is 5.21. The SMILES string of the molecule is CC[C@H](C(=O)NCC1CCN([C@@H]2CCSC2)CC1)c1ccccc1. The maximum absolute atomic E-state index is 12.6. The molecule has 0 aliphatic carbocycles. The van der Waals surface area contributed by atoms with Gasteiger partial charge in [-0.15, -0.1) is 0 Å². The van der Waals surface area contributed by atoms with Gasteiger partial charge >= 0.3 is 0 Å². The Labute approximate surface area is 150 Å². The largest absolute Gasteiger partial charge is 0.355 e. The van der Waals surface area contributed by atoms with Crippen molar-refractivity contribution in [1.29, 1.82) is 0 Å². The fraction of sp³-hybridized carbons (Fsp3) is 0.650. The third kappa shape index (κ3) is 4.54. The molecule has 0 bridgehead atoms. The van der Waals surface area contributed by atoms with Crippen LogP contribution in [-0.4, -0.2) is 48.0 Å². The summed E-state index contributed by atoms with van der Waals surface area (Å²) >= 11 is 2.10. The summed E-state index contributed by atoms with van der Waals surface area (Å²) in [5, 5.41) is 3.22. The highest BCUT2D eigenvalue weighted by molar-refractivity contribution is 7.99. The Kier molecular flexibility index (Phi) is 6.61. The van der Waals surface area contributed by atoms with Gasteiger partial charge in [-0.25, -0.2) is 0 Å². The summed E-state index contributed by atoms with van der Waals surface area (Å²) in [6.45, 7) is 5.36. The maximum Gasteiger partial charge on any atom is 0.227 e. The summed E-state index contributed by atoms with van der Waals surface area (Å²) < 4.78 is 0. The van der Waals surface area contributed by atoms with Gasteiger partial charge in [-0.3, -0.25) is 9.69 Å². The van der Waals surface area contributed by atoms with E-state index < -0.39 is 0 Å². The summed E-state index contributed by atoms with van der Waals surface area (Å²) in [5.41, 5.74) is 1.13. The van der Waals surface area contributed by atoms with Crippen LogP contribution in [0, 0.1) is 5.92 Å². The van der Waals surface area contributed by atoms with Crippen LogP contribution in [0.25, 0.3) is 0 Å². The highest BCUT2D eigenvalue weighted by Gasteiger charge is 2.28. The molecule has 0 unspecified atom stereocenters. The molecule has 0 saturated carbocycles. The van der Waals surface area contributed by atoms with Crippen LogP contribution in [0.4, 0.5) is 0 Å². The Hall–Kier alpha value is -1.00. The van der Waals surface area contributed by atoms with Crippen LogP contribution in [-0.2, 0) is 4.79 Å². The predicted molar refractivity (Wildman–Crippen MR) is 103 cm³/mol. The lowest BCUT2D eigenvalue weighted by Gasteiger charge is -2.35. The van der Waals surface area contributed by atoms with E-state index in [0.717, 1.165) is 24.6 Å². The van der Waals surface area contributed by atoms with Crippen LogP contribution in [0.1, 0.15) is 44.1 Å². The van der Waals surface area contributed by atoms with Gasteiger partial charge in [0.05, 0.1) is 5.92 Å². The van der Waals surface area contributed by atoms with Gasteiger partial charge < -0.3 is 5.32 Å². The number of carbonyl (C=O) groups excluding carboxylic acids is 1. The van der Waals surface area contributed by atoms with Crippen molar-refractivity contribution in [3.63, 3.8) is 0 Å². The molecule has 3 nitrogen and oxygen atoms in total. The third-order valence-electron chi connectivity index (χ3n) is 5.56. The molecule has 1 amide bonds. The van der Waals surface area contributed by atoms with E-state index in [1.807, 2.05) is 18.2 Å². The topological polar surface area (TPSA) is 32.3 Å². The molecule has 2 aliphatic rings. The molecular weight excluding hydrogens is 316 g/mol. The predicted octanol–water partition coefficient (Wildman–Crippen LogP) is 3.51. The van der Waals surface area contributed by atoms with E-state index >= 15 is 0 Å². The van der Waals surface area contributed by atoms with E-state index in [1.54, 1.807) is 0 Å². The van der Waals surface area contributed by atoms with E-state index in [2.05, 4.69) is 41.0 Å². The number of carbonyl (C=O) groups is 1. The molecule has 0 radical (unpaired) electrons. The van der Waals surface area contributed by atoms with Crippen molar-refractivity contribution in [1.82, 2.24) is 10.2 Å². The quantitative estimate of drug-likeness (QED) is 0.855. The molecule has 0 aromatic heterocycles. The van der Waals surface area contributed by atoms with Crippen molar-refractivity contribution in [2.24, 2.45) is 5.92 Å². The lowest BCUT2D eigenvalue weighted by atomic mass is 9.93. The first kappa shape index (κ1) is 17.8. The van der Waals surface area contributed by atoms with Crippen molar-refractivity contribution in [3.8, 4) is 0 Å². The number of likely N-dealkylation sites (tertiary alicyclic amines) is 1. The number of rotatable bonds is 6. The minimum Gasteiger partial charge on any atom is -0.355 e. The molecular formula is C20H30N2OS. The zero-order valence-electron chi connectivity index (χ0n) is 14.7. The molecule has 1 aromatic carbocycles. The third-order valence-corrected chi connectivity index (χ3v) is 6.71. The van der Waals surface area contributed by atoms with Crippen LogP contribution in [0.2, 0.25) is 0 Å². The first-order valence-electron chi connectivity index (χ1n) is 9.42. The average molecular weight is 347 g/mol. The number of benzene rings is 1. The van der Waals surface area contributed by atoms with Crippen molar-refractivity contribution < 1.29 is 4.79 Å². The molecule has 2 aliphatic heterocycles. The lowest BCUT2D eigenvalue weighted by molar-refractivity contribution is -0.122. The summed E-state index contributed by atoms with van der Waals surface area (Å²) in [6.07, 6.45) is 4.67. The van der Waals surface area contributed by atoms with E-state index in [4.69, 9.17) is 0 Å². The Balaban J connectivity index is 1.43. The normalized spacial score (nSPS) is 24.0. The van der Waals surface area contributed by atoms with Crippen LogP contribution in [0.15, 0.2) is 30.3 Å². The summed E-state index contributed by atoms with van der Waals surface area (Å²) in [7, 11) is 0. The number of piperidine rings is 1. The maximum atomic E-state index is 12.6. The van der Waals surface area contributed by atoms with Gasteiger partial charge in [-0.1, -0.05) is 37.3 Å². The molecule has 132 valence electrons. The molecule has 1 N–H and O–H groups in total. The van der Waals surface area contributed by atoms with Crippen LogP contribution >= 0.6 is 11.8 Å². The number of amides is 1. The summed E-state index contributed by atoms with van der Waals surface area (Å²) in [6, 6.07) is 11.0. The van der Waals surface area contributed by atoms with Gasteiger partial charge in [0, 0.05) is 18.3 Å². The highest BCUT2D eigenvalue weighted by Crippen LogP contribution is 2.27. The summed E-state index contributed by atoms with van der Waals surface area (Å²) in [4.78, 5) is 15.2. The molecule has 0 spiro atoms. The Bertz CT molecular complexity index is 508. The number of hydrogen-bond donors (Lipinski definition) is 1. The average Bonchev–Trinajstić information content (AvgIpc) is 3.17. The highest BCUT2D eigenvalue weighted by atomic mass is 32.2. The minimum absolute atomic E-state index is 0.0122. The van der Waals surface area contributed by atoms with Gasteiger partial charge in [-0.05, 0) is 56.0 Å². The van der Waals surface area contributed by atoms with Crippen molar-refractivity contribution >= 4 is 17.7 Å².